The predicted octanol–water partition coefficient (Wildman–Crippen LogP) is 6.82. The molecule has 3 rings (SSSR count). The first-order chi connectivity index (χ1) is 31.2. The van der Waals surface area contributed by atoms with Gasteiger partial charge in [-0.3, -0.25) is 19.2 Å². The van der Waals surface area contributed by atoms with E-state index in [1.807, 2.05) is 65.0 Å². The highest BCUT2D eigenvalue weighted by atomic mass is 16.6. The maximum Gasteiger partial charge on any atom is 0.329 e. The highest BCUT2D eigenvalue weighted by molar-refractivity contribution is 6.24. The summed E-state index contributed by atoms with van der Waals surface area (Å²) >= 11 is 0. The lowest BCUT2D eigenvalue weighted by molar-refractivity contribution is -0.271. The van der Waals surface area contributed by atoms with E-state index in [1.165, 1.54) is 12.0 Å². The van der Waals surface area contributed by atoms with Crippen molar-refractivity contribution in [1.29, 1.82) is 0 Å². The van der Waals surface area contributed by atoms with Gasteiger partial charge in [-0.25, -0.2) is 4.79 Å². The number of methoxy groups -OCH3 is 3. The van der Waals surface area contributed by atoms with Crippen LogP contribution in [0.1, 0.15) is 132 Å². The molecular formula is C52H83NO13. The van der Waals surface area contributed by atoms with Crippen LogP contribution >= 0.6 is 0 Å². The summed E-state index contributed by atoms with van der Waals surface area (Å²) in [4.78, 5) is 66.4. The van der Waals surface area contributed by atoms with Gasteiger partial charge in [0, 0.05) is 58.5 Å². The van der Waals surface area contributed by atoms with E-state index in [4.69, 9.17) is 23.7 Å². The zero-order valence-electron chi connectivity index (χ0n) is 41.7. The van der Waals surface area contributed by atoms with E-state index in [2.05, 4.69) is 0 Å². The lowest BCUT2D eigenvalue weighted by Crippen LogP contribution is -2.50. The van der Waals surface area contributed by atoms with Crippen molar-refractivity contribution in [3.8, 4) is 0 Å². The molecule has 3 fully saturated rings. The minimum Gasteiger partial charge on any atom is -0.460 e. The van der Waals surface area contributed by atoms with Crippen LogP contribution in [0, 0.1) is 35.5 Å². The number of allylic oxidation sites excluding steroid dienone is 6. The summed E-state index contributed by atoms with van der Waals surface area (Å²) in [5, 5.41) is 32.4. The van der Waals surface area contributed by atoms with Gasteiger partial charge in [0.15, 0.2) is 11.6 Å². The number of likely N-dealkylation sites (tertiary alicyclic amines) is 1. The van der Waals surface area contributed by atoms with E-state index in [0.717, 1.165) is 24.8 Å². The Morgan fingerprint density at radius 1 is 0.909 bits per heavy atom. The Kier molecular flexibility index (Phi) is 23.8. The molecule has 1 unspecified atom stereocenters. The van der Waals surface area contributed by atoms with Crippen molar-refractivity contribution in [3.05, 3.63) is 47.6 Å². The highest BCUT2D eigenvalue weighted by Crippen LogP contribution is 2.36. The molecule has 3 N–H and O–H groups in total. The van der Waals surface area contributed by atoms with Crippen molar-refractivity contribution >= 4 is 29.7 Å². The number of hydrogen-bond donors (Lipinski definition) is 3. The second kappa shape index (κ2) is 27.6. The van der Waals surface area contributed by atoms with Crippen LogP contribution in [0.3, 0.4) is 0 Å². The molecule has 14 nitrogen and oxygen atoms in total. The first kappa shape index (κ1) is 57.0. The lowest BCUT2D eigenvalue weighted by Gasteiger charge is -2.40. The molecule has 0 aromatic rings. The number of ether oxygens (including phenoxy) is 5. The molecule has 2 saturated heterocycles. The van der Waals surface area contributed by atoms with E-state index in [-0.39, 0.29) is 72.8 Å². The quantitative estimate of drug-likeness (QED) is 0.0284. The van der Waals surface area contributed by atoms with Crippen LogP contribution in [0.15, 0.2) is 47.6 Å². The van der Waals surface area contributed by atoms with Crippen LogP contribution in [0.2, 0.25) is 0 Å². The van der Waals surface area contributed by atoms with Crippen LogP contribution in [0.25, 0.3) is 0 Å². The zero-order valence-corrected chi connectivity index (χ0v) is 41.7. The standard InChI is InChI=1S/C52H83NO13/c1-32(17-13-12-14-18-33(2)44(62-9)29-40-22-20-38(7)52(8,61)66-40)25-36(5)48(58)50(64-11)49(59)37(6)26-34(3)43(56)30-45(35(4)27-39-21-23-42(55)46(28-39)63-10)65-51(60)41-19-15-16-24-53(41)47(57)31-54/h12-14,17-18,26,31-32,34-36,38-42,44-46,49-50,55,59,61H,15-16,19-25,27-30H2,1-11H3/b14-12+,17-13+,33-18+,37-26+/t32-,34-,35-,36-,38-,39+,40?,41+,42-,44+,45+,46-,49-,50+,52+/m1/s1. The van der Waals surface area contributed by atoms with Crippen LogP contribution in [0.4, 0.5) is 0 Å². The van der Waals surface area contributed by atoms with Crippen molar-refractivity contribution < 1.29 is 63.0 Å². The van der Waals surface area contributed by atoms with E-state index >= 15 is 0 Å². The van der Waals surface area contributed by atoms with Crippen LogP contribution in [-0.4, -0.2) is 132 Å². The minimum atomic E-state index is -1.31. The Hall–Kier alpha value is -3.37. The molecule has 374 valence electrons. The molecule has 2 heterocycles. The summed E-state index contributed by atoms with van der Waals surface area (Å²) in [6.07, 6.45) is 14.3. The Labute approximate surface area is 394 Å². The average molecular weight is 930 g/mol. The highest BCUT2D eigenvalue weighted by Gasteiger charge is 2.40. The monoisotopic (exact) mass is 930 g/mol. The number of piperidine rings is 1. The third kappa shape index (κ3) is 17.0. The minimum absolute atomic E-state index is 0.0372. The fourth-order valence-electron chi connectivity index (χ4n) is 9.80. The third-order valence-electron chi connectivity index (χ3n) is 14.4. The molecule has 1 saturated carbocycles. The van der Waals surface area contributed by atoms with Crippen molar-refractivity contribution in [2.75, 3.05) is 27.9 Å². The van der Waals surface area contributed by atoms with Gasteiger partial charge in [0.05, 0.1) is 24.4 Å². The fourth-order valence-corrected chi connectivity index (χ4v) is 9.80. The number of amides is 1. The maximum atomic E-state index is 13.9. The van der Waals surface area contributed by atoms with Crippen molar-refractivity contribution in [3.63, 3.8) is 0 Å². The number of esters is 1. The van der Waals surface area contributed by atoms with Gasteiger partial charge in [-0.2, -0.15) is 0 Å². The molecule has 15 atom stereocenters. The number of carbonyl (C=O) groups excluding carboxylic acids is 5. The normalized spacial score (nSPS) is 29.4. The number of nitrogens with zero attached hydrogens (tertiary/aromatic N) is 1. The van der Waals surface area contributed by atoms with E-state index < -0.39 is 60.0 Å². The topological polar surface area (TPSA) is 195 Å². The summed E-state index contributed by atoms with van der Waals surface area (Å²) < 4.78 is 28.9. The van der Waals surface area contributed by atoms with Gasteiger partial charge >= 0.3 is 5.97 Å². The van der Waals surface area contributed by atoms with Crippen LogP contribution in [-0.2, 0) is 47.7 Å². The average Bonchev–Trinajstić information content (AvgIpc) is 3.28. The van der Waals surface area contributed by atoms with E-state index in [9.17, 15) is 39.3 Å². The summed E-state index contributed by atoms with van der Waals surface area (Å²) in [6, 6.07) is -0.926. The SMILES string of the molecule is CO[C@@H](CC1CC[C@@H](C)[C@@](C)(O)O1)/C(C)=C/C=C/C=C/[C@@H](C)C[C@@H](C)C(=O)[C@H](OC)[C@H](O)/C(C)=C/[C@@H](C)C(=O)C[C@H](OC(=O)[C@@H]1CCCCN1C(=O)C=O)[C@H](C)C[C@@H]1CC[C@@H](O)[C@H](OC)C1. The number of rotatable bonds is 25. The molecule has 2 aliphatic heterocycles. The predicted molar refractivity (Wildman–Crippen MR) is 252 cm³/mol. The molecule has 0 bridgehead atoms. The molecule has 1 amide bonds. The zero-order chi connectivity index (χ0) is 49.3. The van der Waals surface area contributed by atoms with Crippen molar-refractivity contribution in [2.45, 2.75) is 187 Å². The van der Waals surface area contributed by atoms with Gasteiger partial charge in [0.25, 0.3) is 5.91 Å². The molecule has 14 heteroatoms. The smallest absolute Gasteiger partial charge is 0.329 e. The first-order valence-corrected chi connectivity index (χ1v) is 24.2. The van der Waals surface area contributed by atoms with Gasteiger partial charge < -0.3 is 43.9 Å². The fraction of sp³-hybridized carbons (Fsp3) is 0.750. The Balaban J connectivity index is 1.63. The first-order valence-electron chi connectivity index (χ1n) is 24.2. The van der Waals surface area contributed by atoms with E-state index in [0.29, 0.717) is 56.9 Å². The second-order valence-electron chi connectivity index (χ2n) is 19.8. The Morgan fingerprint density at radius 2 is 1.62 bits per heavy atom. The molecular weight excluding hydrogens is 847 g/mol. The van der Waals surface area contributed by atoms with Gasteiger partial charge in [0.1, 0.15) is 30.1 Å². The largest absolute Gasteiger partial charge is 0.460 e. The maximum absolute atomic E-state index is 13.9. The van der Waals surface area contributed by atoms with Crippen molar-refractivity contribution in [2.24, 2.45) is 35.5 Å². The number of aliphatic hydroxyl groups is 3. The number of aldehydes is 1. The number of carbonyl (C=O) groups is 5. The van der Waals surface area contributed by atoms with Crippen molar-refractivity contribution in [1.82, 2.24) is 4.90 Å². The van der Waals surface area contributed by atoms with E-state index in [1.54, 1.807) is 41.1 Å². The molecule has 0 radical (unpaired) electrons. The summed E-state index contributed by atoms with van der Waals surface area (Å²) in [5.74, 6) is -4.22. The number of Topliss-reactive ketones (excluding diaryl/α,β-unsaturated/α-hetero) is 2. The molecule has 66 heavy (non-hydrogen) atoms. The Morgan fingerprint density at radius 3 is 2.26 bits per heavy atom. The molecule has 0 aromatic carbocycles. The molecule has 3 aliphatic rings. The number of ketones is 2. The number of hydrogen-bond acceptors (Lipinski definition) is 13. The molecule has 0 aromatic heterocycles. The van der Waals surface area contributed by atoms with Crippen LogP contribution < -0.4 is 0 Å². The molecule has 1 aliphatic carbocycles. The second-order valence-corrected chi connectivity index (χ2v) is 19.8. The Bertz CT molecular complexity index is 1700. The van der Waals surface area contributed by atoms with Gasteiger partial charge in [0.2, 0.25) is 6.29 Å². The number of aliphatic hydroxyl groups excluding tert-OH is 2. The third-order valence-corrected chi connectivity index (χ3v) is 14.4. The van der Waals surface area contributed by atoms with Gasteiger partial charge in [-0.05, 0) is 114 Å². The van der Waals surface area contributed by atoms with Crippen LogP contribution in [0.5, 0.6) is 0 Å². The lowest BCUT2D eigenvalue weighted by atomic mass is 9.78. The summed E-state index contributed by atoms with van der Waals surface area (Å²) in [6.45, 7) is 15.1. The summed E-state index contributed by atoms with van der Waals surface area (Å²) in [5.41, 5.74) is 1.43. The summed E-state index contributed by atoms with van der Waals surface area (Å²) in [7, 11) is 4.62. The molecule has 0 spiro atoms. The van der Waals surface area contributed by atoms with Gasteiger partial charge in [-0.1, -0.05) is 71.1 Å². The van der Waals surface area contributed by atoms with Gasteiger partial charge in [-0.15, -0.1) is 0 Å².